The molecule has 1 aromatic rings. The Morgan fingerprint density at radius 3 is 2.55 bits per heavy atom. The van der Waals surface area contributed by atoms with Crippen LogP contribution in [0, 0.1) is 11.8 Å². The summed E-state index contributed by atoms with van der Waals surface area (Å²) in [5.74, 6) is 1.82. The van der Waals surface area contributed by atoms with Crippen LogP contribution >= 0.6 is 24.0 Å². The molecule has 2 aliphatic rings. The minimum Gasteiger partial charge on any atom is -0.490 e. The van der Waals surface area contributed by atoms with Crippen LogP contribution in [0.1, 0.15) is 24.2 Å². The molecule has 0 spiro atoms. The Morgan fingerprint density at radius 2 is 1.95 bits per heavy atom. The molecule has 0 aliphatic carbocycles. The van der Waals surface area contributed by atoms with Crippen LogP contribution in [0.2, 0.25) is 5.02 Å². The predicted octanol–water partition coefficient (Wildman–Crippen LogP) is 2.84. The summed E-state index contributed by atoms with van der Waals surface area (Å²) in [6.45, 7) is 7.58. The maximum atomic E-state index is 12.8. The smallest absolute Gasteiger partial charge is 0.257 e. The molecule has 4 nitrogen and oxygen atoms in total. The lowest BCUT2D eigenvalue weighted by atomic mass is 10.0. The first-order valence-electron chi connectivity index (χ1n) is 7.51. The summed E-state index contributed by atoms with van der Waals surface area (Å²) in [7, 11) is 0. The van der Waals surface area contributed by atoms with E-state index >= 15 is 0 Å². The molecule has 0 bridgehead atoms. The zero-order valence-electron chi connectivity index (χ0n) is 12.8. The van der Waals surface area contributed by atoms with Crippen molar-refractivity contribution in [1.29, 1.82) is 0 Å². The third-order valence-corrected chi connectivity index (χ3v) is 4.45. The van der Waals surface area contributed by atoms with Gasteiger partial charge in [-0.1, -0.05) is 11.6 Å². The third-order valence-electron chi connectivity index (χ3n) is 4.21. The molecule has 2 fully saturated rings. The molecule has 1 N–H and O–H groups in total. The van der Waals surface area contributed by atoms with Gasteiger partial charge in [0.15, 0.2) is 0 Å². The van der Waals surface area contributed by atoms with E-state index in [-0.39, 0.29) is 24.4 Å². The van der Waals surface area contributed by atoms with Crippen molar-refractivity contribution in [2.24, 2.45) is 11.8 Å². The first-order chi connectivity index (χ1) is 10.0. The number of nitrogens with one attached hydrogen (secondary N) is 1. The van der Waals surface area contributed by atoms with Gasteiger partial charge in [-0.15, -0.1) is 12.4 Å². The molecule has 1 amide bonds. The lowest BCUT2D eigenvalue weighted by molar-refractivity contribution is 0.0775. The zero-order chi connectivity index (χ0) is 15.0. The van der Waals surface area contributed by atoms with Crippen LogP contribution in [0.25, 0.3) is 0 Å². The quantitative estimate of drug-likeness (QED) is 0.916. The van der Waals surface area contributed by atoms with E-state index in [9.17, 15) is 4.79 Å². The molecule has 0 unspecified atom stereocenters. The highest BCUT2D eigenvalue weighted by Gasteiger charge is 2.38. The second kappa shape index (κ2) is 7.07. The van der Waals surface area contributed by atoms with Crippen molar-refractivity contribution in [1.82, 2.24) is 10.2 Å². The van der Waals surface area contributed by atoms with Crippen molar-refractivity contribution in [3.05, 3.63) is 28.8 Å². The standard InChI is InChI=1S/C16H21ClN2O2.ClH/c1-10(2)21-15-4-3-13(17)5-14(15)16(20)19-8-11-6-18-7-12(11)9-19;/h3-5,10-12,18H,6-9H2,1-2H3;1H/t11-,12+;. The van der Waals surface area contributed by atoms with Gasteiger partial charge in [0.1, 0.15) is 5.75 Å². The second-order valence-electron chi connectivity index (χ2n) is 6.20. The Morgan fingerprint density at radius 1 is 1.32 bits per heavy atom. The van der Waals surface area contributed by atoms with E-state index < -0.39 is 0 Å². The molecule has 2 atom stereocenters. The van der Waals surface area contributed by atoms with Gasteiger partial charge in [0.05, 0.1) is 11.7 Å². The number of benzene rings is 1. The van der Waals surface area contributed by atoms with Gasteiger partial charge in [-0.2, -0.15) is 0 Å². The number of hydrogen-bond acceptors (Lipinski definition) is 3. The van der Waals surface area contributed by atoms with Crippen molar-refractivity contribution in [3.8, 4) is 5.75 Å². The second-order valence-corrected chi connectivity index (χ2v) is 6.63. The van der Waals surface area contributed by atoms with Crippen LogP contribution in [0.3, 0.4) is 0 Å². The Hall–Kier alpha value is -0.970. The molecule has 1 aromatic carbocycles. The summed E-state index contributed by atoms with van der Waals surface area (Å²) in [4.78, 5) is 14.7. The number of rotatable bonds is 3. The minimum absolute atomic E-state index is 0. The molecule has 6 heteroatoms. The third kappa shape index (κ3) is 3.50. The Balaban J connectivity index is 0.00000176. The van der Waals surface area contributed by atoms with Crippen LogP contribution in [0.15, 0.2) is 18.2 Å². The molecule has 2 aliphatic heterocycles. The average molecular weight is 345 g/mol. The number of fused-ring (bicyclic) bond motifs is 1. The summed E-state index contributed by atoms with van der Waals surface area (Å²) < 4.78 is 5.76. The molecular weight excluding hydrogens is 323 g/mol. The molecule has 0 radical (unpaired) electrons. The monoisotopic (exact) mass is 344 g/mol. The normalized spacial score (nSPS) is 23.4. The molecule has 122 valence electrons. The number of likely N-dealkylation sites (tertiary alicyclic amines) is 1. The number of ether oxygens (including phenoxy) is 1. The lowest BCUT2D eigenvalue weighted by Crippen LogP contribution is -2.32. The number of amides is 1. The number of carbonyl (C=O) groups is 1. The molecule has 0 saturated carbocycles. The van der Waals surface area contributed by atoms with E-state index in [1.54, 1.807) is 18.2 Å². The maximum absolute atomic E-state index is 12.8. The molecule has 2 heterocycles. The van der Waals surface area contributed by atoms with Crippen molar-refractivity contribution in [2.45, 2.75) is 20.0 Å². The molecule has 3 rings (SSSR count). The largest absolute Gasteiger partial charge is 0.490 e. The Kier molecular flexibility index (Phi) is 5.59. The van der Waals surface area contributed by atoms with Gasteiger partial charge in [0.2, 0.25) is 0 Å². The highest BCUT2D eigenvalue weighted by molar-refractivity contribution is 6.31. The van der Waals surface area contributed by atoms with E-state index in [4.69, 9.17) is 16.3 Å². The Bertz CT molecular complexity index is 539. The van der Waals surface area contributed by atoms with Gasteiger partial charge in [-0.25, -0.2) is 0 Å². The molecular formula is C16H22Cl2N2O2. The highest BCUT2D eigenvalue weighted by atomic mass is 35.5. The van der Waals surface area contributed by atoms with Crippen LogP contribution in [0.5, 0.6) is 5.75 Å². The summed E-state index contributed by atoms with van der Waals surface area (Å²) in [5, 5.41) is 3.95. The topological polar surface area (TPSA) is 41.6 Å². The average Bonchev–Trinajstić information content (AvgIpc) is 3.00. The van der Waals surface area contributed by atoms with Gasteiger partial charge in [-0.05, 0) is 43.9 Å². The molecule has 22 heavy (non-hydrogen) atoms. The van der Waals surface area contributed by atoms with E-state index in [1.807, 2.05) is 18.7 Å². The molecule has 0 aromatic heterocycles. The van der Waals surface area contributed by atoms with E-state index in [1.165, 1.54) is 0 Å². The summed E-state index contributed by atoms with van der Waals surface area (Å²) in [5.41, 5.74) is 0.573. The zero-order valence-corrected chi connectivity index (χ0v) is 14.4. The number of nitrogens with zero attached hydrogens (tertiary/aromatic N) is 1. The maximum Gasteiger partial charge on any atom is 0.257 e. The van der Waals surface area contributed by atoms with Crippen molar-refractivity contribution in [2.75, 3.05) is 26.2 Å². The minimum atomic E-state index is 0. The van der Waals surface area contributed by atoms with E-state index in [0.29, 0.717) is 28.2 Å². The van der Waals surface area contributed by atoms with Crippen LogP contribution < -0.4 is 10.1 Å². The van der Waals surface area contributed by atoms with Gasteiger partial charge >= 0.3 is 0 Å². The predicted molar refractivity (Wildman–Crippen MR) is 90.2 cm³/mol. The highest BCUT2D eigenvalue weighted by Crippen LogP contribution is 2.31. The fourth-order valence-corrected chi connectivity index (χ4v) is 3.39. The number of halogens is 2. The summed E-state index contributed by atoms with van der Waals surface area (Å²) in [6, 6.07) is 5.26. The number of carbonyl (C=O) groups excluding carboxylic acids is 1. The van der Waals surface area contributed by atoms with Gasteiger partial charge < -0.3 is 15.0 Å². The fourth-order valence-electron chi connectivity index (χ4n) is 3.22. The summed E-state index contributed by atoms with van der Waals surface area (Å²) in [6.07, 6.45) is 0.0277. The van der Waals surface area contributed by atoms with Crippen molar-refractivity contribution in [3.63, 3.8) is 0 Å². The first-order valence-corrected chi connectivity index (χ1v) is 7.88. The van der Waals surface area contributed by atoms with Crippen LogP contribution in [-0.2, 0) is 0 Å². The summed E-state index contributed by atoms with van der Waals surface area (Å²) >= 11 is 6.06. The first kappa shape index (κ1) is 17.4. The van der Waals surface area contributed by atoms with Gasteiger partial charge in [-0.3, -0.25) is 4.79 Å². The SMILES string of the molecule is CC(C)Oc1ccc(Cl)cc1C(=O)N1C[C@H]2CNC[C@H]2C1.Cl. The van der Waals surface area contributed by atoms with Crippen LogP contribution in [0.4, 0.5) is 0 Å². The van der Waals surface area contributed by atoms with Crippen molar-refractivity contribution >= 4 is 29.9 Å². The lowest BCUT2D eigenvalue weighted by Gasteiger charge is -2.20. The van der Waals surface area contributed by atoms with E-state index in [0.717, 1.165) is 26.2 Å². The molecule has 2 saturated heterocycles. The fraction of sp³-hybridized carbons (Fsp3) is 0.562. The van der Waals surface area contributed by atoms with E-state index in [2.05, 4.69) is 5.32 Å². The van der Waals surface area contributed by atoms with Crippen LogP contribution in [-0.4, -0.2) is 43.1 Å². The van der Waals surface area contributed by atoms with Gasteiger partial charge in [0.25, 0.3) is 5.91 Å². The number of hydrogen-bond donors (Lipinski definition) is 1. The van der Waals surface area contributed by atoms with Gasteiger partial charge in [0, 0.05) is 31.2 Å². The van der Waals surface area contributed by atoms with Crippen molar-refractivity contribution < 1.29 is 9.53 Å². The Labute approximate surface area is 142 Å².